The molecule has 2 heterocycles. The summed E-state index contributed by atoms with van der Waals surface area (Å²) in [5.41, 5.74) is 17.0. The van der Waals surface area contributed by atoms with Crippen LogP contribution < -0.4 is 10.9 Å². The fourth-order valence-corrected chi connectivity index (χ4v) is 11.1. The molecule has 0 amide bonds. The van der Waals surface area contributed by atoms with Gasteiger partial charge in [0.2, 0.25) is 0 Å². The molecule has 0 unspecified atom stereocenters. The highest BCUT2D eigenvalue weighted by molar-refractivity contribution is 6.06. The van der Waals surface area contributed by atoms with Gasteiger partial charge < -0.3 is 9.13 Å². The largest absolute Gasteiger partial charge is 0.308 e. The quantitative estimate of drug-likeness (QED) is 0.143. The Kier molecular flexibility index (Phi) is 13.6. The first-order valence-electron chi connectivity index (χ1n) is 26.7. The molecule has 2 aromatic heterocycles. The molecule has 0 fully saturated rings. The summed E-state index contributed by atoms with van der Waals surface area (Å²) in [5.74, 6) is 1.39. The summed E-state index contributed by atoms with van der Waals surface area (Å²) in [6, 6.07) is 23.0. The van der Waals surface area contributed by atoms with E-state index in [2.05, 4.69) is 236 Å². The van der Waals surface area contributed by atoms with Gasteiger partial charge >= 0.3 is 0 Å². The maximum atomic E-state index is 16.0. The first-order valence-corrected chi connectivity index (χ1v) is 26.7. The van der Waals surface area contributed by atoms with Gasteiger partial charge in [-0.1, -0.05) is 190 Å². The van der Waals surface area contributed by atoms with Crippen molar-refractivity contribution in [1.29, 1.82) is 0 Å². The predicted octanol–water partition coefficient (Wildman–Crippen LogP) is 18.5. The zero-order valence-electron chi connectivity index (χ0n) is 47.9. The molecule has 0 aliphatic carbocycles. The third-order valence-electron chi connectivity index (χ3n) is 15.2. The Morgan fingerprint density at radius 1 is 0.300 bits per heavy atom. The van der Waals surface area contributed by atoms with Crippen molar-refractivity contribution in [3.05, 3.63) is 137 Å². The molecule has 374 valence electrons. The highest BCUT2D eigenvalue weighted by Crippen LogP contribution is 2.45. The third-order valence-corrected chi connectivity index (χ3v) is 15.2. The van der Waals surface area contributed by atoms with Crippen molar-refractivity contribution < 1.29 is 0 Å². The lowest BCUT2D eigenvalue weighted by Gasteiger charge is -2.33. The first-order chi connectivity index (χ1) is 32.1. The second kappa shape index (κ2) is 18.0. The van der Waals surface area contributed by atoms with E-state index in [9.17, 15) is 0 Å². The molecule has 4 heteroatoms. The van der Waals surface area contributed by atoms with Crippen LogP contribution in [0.3, 0.4) is 0 Å². The number of hydrogen-bond donors (Lipinski definition) is 0. The summed E-state index contributed by atoms with van der Waals surface area (Å²) in [6.45, 7) is 54.7. The number of rotatable bonds is 8. The molecule has 0 N–H and O–H groups in total. The van der Waals surface area contributed by atoms with Crippen molar-refractivity contribution in [2.75, 3.05) is 0 Å². The van der Waals surface area contributed by atoms with E-state index >= 15 is 9.59 Å². The van der Waals surface area contributed by atoms with E-state index in [1.807, 2.05) is 0 Å². The number of nitrogens with zero attached hydrogens (tertiary/aromatic N) is 2. The standard InChI is InChI=1S/C66H88N2O2/c1-35(2)41-25-43(37(5)6)59(44(26-41)38(7)8)67-55-31-50-56(32-49(55)61(69)47-29-51(63(13,14)15)53(33-57(47)67)65(19,20)21)68(60-45(39(9)10)27-42(36(3)4)28-46(60)40(11)12)58-34-54(66(22,23)24)52(64(16,17)18)30-48(58)62(50)70/h25-40H,1-24H3. The molecule has 0 bridgehead atoms. The summed E-state index contributed by atoms with van der Waals surface area (Å²) < 4.78 is 4.82. The second-order valence-corrected chi connectivity index (χ2v) is 27.1. The van der Waals surface area contributed by atoms with Crippen LogP contribution in [0.5, 0.6) is 0 Å². The maximum absolute atomic E-state index is 16.0. The van der Waals surface area contributed by atoms with E-state index in [0.29, 0.717) is 33.4 Å². The van der Waals surface area contributed by atoms with Gasteiger partial charge in [-0.3, -0.25) is 9.59 Å². The predicted molar refractivity (Wildman–Crippen MR) is 307 cm³/mol. The van der Waals surface area contributed by atoms with Gasteiger partial charge in [-0.05, 0) is 149 Å². The van der Waals surface area contributed by atoms with Crippen molar-refractivity contribution in [2.24, 2.45) is 0 Å². The Morgan fingerprint density at radius 2 is 0.514 bits per heavy atom. The monoisotopic (exact) mass is 941 g/mol. The molecule has 0 saturated heterocycles. The van der Waals surface area contributed by atoms with E-state index < -0.39 is 0 Å². The lowest BCUT2D eigenvalue weighted by atomic mass is 9.74. The minimum Gasteiger partial charge on any atom is -0.308 e. The van der Waals surface area contributed by atoms with Gasteiger partial charge in [0.25, 0.3) is 0 Å². The Labute approximate surface area is 422 Å². The molecule has 5 aromatic carbocycles. The van der Waals surface area contributed by atoms with Gasteiger partial charge in [0.15, 0.2) is 10.9 Å². The number of hydrogen-bond acceptors (Lipinski definition) is 2. The van der Waals surface area contributed by atoms with Crippen LogP contribution in [-0.2, 0) is 21.7 Å². The number of fused-ring (bicyclic) bond motifs is 4. The Balaban J connectivity index is 1.92. The minimum absolute atomic E-state index is 0.00835. The van der Waals surface area contributed by atoms with E-state index in [-0.39, 0.29) is 56.2 Å². The van der Waals surface area contributed by atoms with Gasteiger partial charge in [0.05, 0.1) is 33.4 Å². The molecule has 7 rings (SSSR count). The molecule has 0 spiro atoms. The topological polar surface area (TPSA) is 44.0 Å². The van der Waals surface area contributed by atoms with Crippen LogP contribution in [0.15, 0.2) is 70.3 Å². The first kappa shape index (κ1) is 52.9. The molecule has 4 nitrogen and oxygen atoms in total. The van der Waals surface area contributed by atoms with Gasteiger partial charge in [-0.15, -0.1) is 0 Å². The van der Waals surface area contributed by atoms with Crippen LogP contribution in [0.2, 0.25) is 0 Å². The van der Waals surface area contributed by atoms with Crippen LogP contribution >= 0.6 is 0 Å². The van der Waals surface area contributed by atoms with E-state index in [1.165, 1.54) is 55.6 Å². The van der Waals surface area contributed by atoms with Gasteiger partial charge in [0.1, 0.15) is 0 Å². The van der Waals surface area contributed by atoms with Crippen LogP contribution in [0.4, 0.5) is 0 Å². The Bertz CT molecular complexity index is 3050. The number of benzene rings is 5. The fourth-order valence-electron chi connectivity index (χ4n) is 11.1. The molecule has 0 saturated carbocycles. The van der Waals surface area contributed by atoms with Crippen molar-refractivity contribution in [3.8, 4) is 11.4 Å². The summed E-state index contributed by atoms with van der Waals surface area (Å²) >= 11 is 0. The maximum Gasteiger partial charge on any atom is 0.197 e. The molecule has 0 aliphatic heterocycles. The van der Waals surface area contributed by atoms with E-state index in [4.69, 9.17) is 0 Å². The summed E-state index contributed by atoms with van der Waals surface area (Å²) in [6.07, 6.45) is 0. The lowest BCUT2D eigenvalue weighted by Crippen LogP contribution is -2.24. The van der Waals surface area contributed by atoms with Crippen molar-refractivity contribution in [2.45, 2.75) is 223 Å². The molecular formula is C66H88N2O2. The van der Waals surface area contributed by atoms with Crippen molar-refractivity contribution >= 4 is 43.6 Å². The van der Waals surface area contributed by atoms with Crippen LogP contribution in [0.1, 0.15) is 257 Å². The highest BCUT2D eigenvalue weighted by atomic mass is 16.1. The highest BCUT2D eigenvalue weighted by Gasteiger charge is 2.32. The van der Waals surface area contributed by atoms with Gasteiger partial charge in [0, 0.05) is 21.5 Å². The van der Waals surface area contributed by atoms with E-state index in [0.717, 1.165) is 33.4 Å². The van der Waals surface area contributed by atoms with Crippen molar-refractivity contribution in [1.82, 2.24) is 9.13 Å². The van der Waals surface area contributed by atoms with E-state index in [1.54, 1.807) is 0 Å². The normalized spacial score (nSPS) is 13.5. The smallest absolute Gasteiger partial charge is 0.197 e. The van der Waals surface area contributed by atoms with Crippen LogP contribution in [0, 0.1) is 0 Å². The second-order valence-electron chi connectivity index (χ2n) is 27.1. The fraction of sp³-hybridized carbons (Fsp3) is 0.515. The summed E-state index contributed by atoms with van der Waals surface area (Å²) in [5, 5.41) is 2.64. The van der Waals surface area contributed by atoms with Gasteiger partial charge in [-0.25, -0.2) is 0 Å². The zero-order valence-corrected chi connectivity index (χ0v) is 47.9. The molecule has 0 aliphatic rings. The number of aromatic nitrogens is 2. The Hall–Kier alpha value is -4.96. The molecule has 7 aromatic rings. The minimum atomic E-state index is -0.226. The summed E-state index contributed by atoms with van der Waals surface area (Å²) in [4.78, 5) is 32.1. The van der Waals surface area contributed by atoms with Gasteiger partial charge in [-0.2, -0.15) is 0 Å². The van der Waals surface area contributed by atoms with Crippen LogP contribution in [0.25, 0.3) is 55.0 Å². The number of pyridine rings is 2. The molecular weight excluding hydrogens is 853 g/mol. The SMILES string of the molecule is CC(C)c1cc(C(C)C)c(-n2c3cc(C(C)(C)C)c(C(C)(C)C)cc3c(=O)c3cc4c(cc32)c(=O)c2cc(C(C)(C)C)c(C(C)(C)C)cc2n4-c2c(C(C)C)cc(C(C)C)cc2C(C)C)c(C(C)C)c1. The summed E-state index contributed by atoms with van der Waals surface area (Å²) in [7, 11) is 0. The molecule has 0 radical (unpaired) electrons. The molecule has 0 atom stereocenters. The lowest BCUT2D eigenvalue weighted by molar-refractivity contribution is 0.531. The average Bonchev–Trinajstić information content (AvgIpc) is 3.23. The average molecular weight is 941 g/mol. The Morgan fingerprint density at radius 3 is 0.729 bits per heavy atom. The zero-order chi connectivity index (χ0) is 52.4. The van der Waals surface area contributed by atoms with Crippen molar-refractivity contribution in [3.63, 3.8) is 0 Å². The third kappa shape index (κ3) is 9.13. The van der Waals surface area contributed by atoms with Crippen LogP contribution in [-0.4, -0.2) is 9.13 Å². The molecule has 70 heavy (non-hydrogen) atoms.